The highest BCUT2D eigenvalue weighted by molar-refractivity contribution is 5.67. The van der Waals surface area contributed by atoms with Gasteiger partial charge in [0.2, 0.25) is 0 Å². The van der Waals surface area contributed by atoms with Gasteiger partial charge in [-0.1, -0.05) is 30.3 Å². The van der Waals surface area contributed by atoms with Crippen molar-refractivity contribution in [1.82, 2.24) is 4.98 Å². The summed E-state index contributed by atoms with van der Waals surface area (Å²) in [6.07, 6.45) is 0. The third-order valence-electron chi connectivity index (χ3n) is 2.61. The second kappa shape index (κ2) is 4.51. The van der Waals surface area contributed by atoms with Gasteiger partial charge in [-0.15, -0.1) is 0 Å². The molecule has 0 aliphatic rings. The molecule has 16 heavy (non-hydrogen) atoms. The number of nitrogens with two attached hydrogens (primary N) is 1. The molecule has 0 aliphatic heterocycles. The van der Waals surface area contributed by atoms with E-state index in [9.17, 15) is 0 Å². The molecule has 0 bridgehead atoms. The molecular formula is C13H16N2O. The highest BCUT2D eigenvalue weighted by Gasteiger charge is 2.12. The summed E-state index contributed by atoms with van der Waals surface area (Å²) in [7, 11) is 0. The monoisotopic (exact) mass is 216 g/mol. The molecule has 1 unspecified atom stereocenters. The van der Waals surface area contributed by atoms with Crippen molar-refractivity contribution in [1.29, 1.82) is 0 Å². The summed E-state index contributed by atoms with van der Waals surface area (Å²) < 4.78 is 0. The Kier molecular flexibility index (Phi) is 3.08. The van der Waals surface area contributed by atoms with E-state index in [1.165, 1.54) is 0 Å². The maximum absolute atomic E-state index is 9.13. The number of hydrogen-bond donors (Lipinski definition) is 3. The summed E-state index contributed by atoms with van der Waals surface area (Å²) in [5.41, 5.74) is 9.86. The Morgan fingerprint density at radius 2 is 2.00 bits per heavy atom. The Balaban J connectivity index is 2.51. The number of benzene rings is 1. The predicted molar refractivity (Wildman–Crippen MR) is 64.8 cm³/mol. The lowest BCUT2D eigenvalue weighted by molar-refractivity contribution is 0.277. The van der Waals surface area contributed by atoms with Gasteiger partial charge in [0.25, 0.3) is 0 Å². The predicted octanol–water partition coefficient (Wildman–Crippen LogP) is 2.19. The first-order valence-corrected chi connectivity index (χ1v) is 5.36. The van der Waals surface area contributed by atoms with Crippen LogP contribution in [0.4, 0.5) is 0 Å². The minimum atomic E-state index is -0.0736. The molecule has 3 heteroatoms. The number of aliphatic hydroxyl groups excluding tert-OH is 1. The van der Waals surface area contributed by atoms with Gasteiger partial charge >= 0.3 is 0 Å². The van der Waals surface area contributed by atoms with Gasteiger partial charge < -0.3 is 15.8 Å². The molecule has 0 saturated carbocycles. The Hall–Kier alpha value is -1.58. The van der Waals surface area contributed by atoms with Crippen molar-refractivity contribution in [2.24, 2.45) is 5.73 Å². The van der Waals surface area contributed by atoms with Crippen LogP contribution >= 0.6 is 0 Å². The van der Waals surface area contributed by atoms with E-state index in [0.29, 0.717) is 0 Å². The van der Waals surface area contributed by atoms with Crippen LogP contribution < -0.4 is 5.73 Å². The summed E-state index contributed by atoms with van der Waals surface area (Å²) >= 11 is 0. The first-order valence-electron chi connectivity index (χ1n) is 5.36. The number of nitrogens with one attached hydrogen (secondary N) is 1. The molecule has 2 aromatic rings. The van der Waals surface area contributed by atoms with Crippen molar-refractivity contribution in [2.45, 2.75) is 19.6 Å². The summed E-state index contributed by atoms with van der Waals surface area (Å²) in [6, 6.07) is 11.9. The summed E-state index contributed by atoms with van der Waals surface area (Å²) in [6.45, 7) is 1.94. The molecule has 0 aliphatic carbocycles. The Morgan fingerprint density at radius 1 is 1.31 bits per heavy atom. The van der Waals surface area contributed by atoms with Gasteiger partial charge in [-0.3, -0.25) is 0 Å². The molecule has 0 saturated heterocycles. The molecular weight excluding hydrogens is 200 g/mol. The zero-order valence-corrected chi connectivity index (χ0v) is 9.27. The van der Waals surface area contributed by atoms with Gasteiger partial charge in [-0.05, 0) is 18.6 Å². The molecule has 1 atom stereocenters. The van der Waals surface area contributed by atoms with E-state index in [0.717, 1.165) is 22.5 Å². The van der Waals surface area contributed by atoms with Crippen LogP contribution in [0.2, 0.25) is 0 Å². The molecule has 0 fully saturated rings. The molecule has 1 aromatic heterocycles. The highest BCUT2D eigenvalue weighted by Crippen LogP contribution is 2.27. The number of hydrogen-bond acceptors (Lipinski definition) is 2. The van der Waals surface area contributed by atoms with Crippen LogP contribution in [-0.2, 0) is 6.61 Å². The molecule has 1 aromatic carbocycles. The maximum Gasteiger partial charge on any atom is 0.0831 e. The molecule has 0 radical (unpaired) electrons. The van der Waals surface area contributed by atoms with E-state index < -0.39 is 0 Å². The normalized spacial score (nSPS) is 12.7. The minimum absolute atomic E-state index is 0.00650. The zero-order chi connectivity index (χ0) is 11.5. The average molecular weight is 216 g/mol. The maximum atomic E-state index is 9.13. The van der Waals surface area contributed by atoms with Gasteiger partial charge in [0.15, 0.2) is 0 Å². The first kappa shape index (κ1) is 10.9. The van der Waals surface area contributed by atoms with Crippen molar-refractivity contribution in [3.05, 3.63) is 47.8 Å². The van der Waals surface area contributed by atoms with Crippen molar-refractivity contribution in [3.8, 4) is 11.1 Å². The number of aromatic nitrogens is 1. The lowest BCUT2D eigenvalue weighted by Crippen LogP contribution is -2.06. The lowest BCUT2D eigenvalue weighted by atomic mass is 10.0. The van der Waals surface area contributed by atoms with Crippen LogP contribution in [0.15, 0.2) is 36.4 Å². The zero-order valence-electron chi connectivity index (χ0n) is 9.27. The number of aliphatic hydroxyl groups is 1. The molecule has 84 valence electrons. The molecule has 2 rings (SSSR count). The van der Waals surface area contributed by atoms with E-state index in [1.54, 1.807) is 0 Å². The average Bonchev–Trinajstić information content (AvgIpc) is 2.74. The third kappa shape index (κ3) is 2.01. The summed E-state index contributed by atoms with van der Waals surface area (Å²) in [4.78, 5) is 3.15. The van der Waals surface area contributed by atoms with Crippen molar-refractivity contribution < 1.29 is 5.11 Å². The van der Waals surface area contributed by atoms with E-state index in [1.807, 2.05) is 43.3 Å². The van der Waals surface area contributed by atoms with Crippen LogP contribution in [0, 0.1) is 0 Å². The van der Waals surface area contributed by atoms with Gasteiger partial charge in [0.05, 0.1) is 6.61 Å². The quantitative estimate of drug-likeness (QED) is 0.736. The highest BCUT2D eigenvalue weighted by atomic mass is 16.3. The summed E-state index contributed by atoms with van der Waals surface area (Å²) in [5, 5.41) is 9.13. The van der Waals surface area contributed by atoms with Crippen molar-refractivity contribution in [2.75, 3.05) is 0 Å². The second-order valence-electron chi connectivity index (χ2n) is 3.93. The van der Waals surface area contributed by atoms with Crippen molar-refractivity contribution >= 4 is 0 Å². The van der Waals surface area contributed by atoms with Crippen molar-refractivity contribution in [3.63, 3.8) is 0 Å². The first-order chi connectivity index (χ1) is 7.72. The largest absolute Gasteiger partial charge is 0.390 e. The molecule has 3 nitrogen and oxygen atoms in total. The topological polar surface area (TPSA) is 62.0 Å². The Bertz CT molecular complexity index is 460. The van der Waals surface area contributed by atoms with E-state index >= 15 is 0 Å². The third-order valence-corrected chi connectivity index (χ3v) is 2.61. The fourth-order valence-corrected chi connectivity index (χ4v) is 1.83. The van der Waals surface area contributed by atoms with Crippen LogP contribution in [-0.4, -0.2) is 10.1 Å². The smallest absolute Gasteiger partial charge is 0.0831 e. The SMILES string of the molecule is CC(N)c1[nH]c(CO)cc1-c1ccccc1. The molecule has 1 heterocycles. The molecule has 0 amide bonds. The van der Waals surface area contributed by atoms with Gasteiger partial charge in [0, 0.05) is 23.0 Å². The molecule has 0 spiro atoms. The molecule has 4 N–H and O–H groups in total. The summed E-state index contributed by atoms with van der Waals surface area (Å²) in [5.74, 6) is 0. The standard InChI is InChI=1S/C13H16N2O/c1-9(14)13-12(7-11(8-16)15-13)10-5-3-2-4-6-10/h2-7,9,15-16H,8,14H2,1H3. The number of aromatic amines is 1. The minimum Gasteiger partial charge on any atom is -0.390 e. The van der Waals surface area contributed by atoms with E-state index in [-0.39, 0.29) is 12.6 Å². The number of H-pyrrole nitrogens is 1. The lowest BCUT2D eigenvalue weighted by Gasteiger charge is -2.07. The van der Waals surface area contributed by atoms with Crippen LogP contribution in [0.3, 0.4) is 0 Å². The fourth-order valence-electron chi connectivity index (χ4n) is 1.83. The van der Waals surface area contributed by atoms with E-state index in [2.05, 4.69) is 4.98 Å². The fraction of sp³-hybridized carbons (Fsp3) is 0.231. The number of rotatable bonds is 3. The van der Waals surface area contributed by atoms with Gasteiger partial charge in [0.1, 0.15) is 0 Å². The second-order valence-corrected chi connectivity index (χ2v) is 3.93. The van der Waals surface area contributed by atoms with Gasteiger partial charge in [-0.25, -0.2) is 0 Å². The van der Waals surface area contributed by atoms with Crippen LogP contribution in [0.5, 0.6) is 0 Å². The van der Waals surface area contributed by atoms with Crippen LogP contribution in [0.25, 0.3) is 11.1 Å². The Labute approximate surface area is 94.9 Å². The van der Waals surface area contributed by atoms with E-state index in [4.69, 9.17) is 10.8 Å². The Morgan fingerprint density at radius 3 is 2.56 bits per heavy atom. The van der Waals surface area contributed by atoms with Gasteiger partial charge in [-0.2, -0.15) is 0 Å². The van der Waals surface area contributed by atoms with Crippen LogP contribution in [0.1, 0.15) is 24.4 Å².